The Balaban J connectivity index is 1.59. The van der Waals surface area contributed by atoms with Crippen molar-refractivity contribution in [2.45, 2.75) is 51.1 Å². The van der Waals surface area contributed by atoms with Crippen LogP contribution in [0.4, 0.5) is 4.79 Å². The van der Waals surface area contributed by atoms with Crippen molar-refractivity contribution >= 4 is 6.03 Å². The molecule has 1 saturated carbocycles. The molecule has 0 heterocycles. The van der Waals surface area contributed by atoms with Gasteiger partial charge in [0.2, 0.25) is 0 Å². The molecule has 2 rings (SSSR count). The van der Waals surface area contributed by atoms with Crippen LogP contribution in [-0.4, -0.2) is 44.2 Å². The number of nitrogens with one attached hydrogen (secondary N) is 2. The normalized spacial score (nSPS) is 15.3. The molecule has 1 aromatic carbocycles. The summed E-state index contributed by atoms with van der Waals surface area (Å²) in [5.41, 5.74) is 0.979. The first-order valence-corrected chi connectivity index (χ1v) is 9.04. The third-order valence-corrected chi connectivity index (χ3v) is 4.80. The number of nitrogens with zero attached hydrogens (tertiary/aromatic N) is 1. The molecular formula is C19H31N3O2. The Morgan fingerprint density at radius 3 is 2.71 bits per heavy atom. The molecule has 2 amide bonds. The second kappa shape index (κ2) is 10.2. The molecule has 0 radical (unpaired) electrons. The van der Waals surface area contributed by atoms with Crippen LogP contribution in [0.25, 0.3) is 0 Å². The van der Waals surface area contributed by atoms with E-state index >= 15 is 0 Å². The van der Waals surface area contributed by atoms with E-state index < -0.39 is 0 Å². The zero-order valence-corrected chi connectivity index (χ0v) is 15.0. The van der Waals surface area contributed by atoms with E-state index in [-0.39, 0.29) is 6.03 Å². The lowest BCUT2D eigenvalue weighted by molar-refractivity contribution is 0.189. The van der Waals surface area contributed by atoms with Crippen LogP contribution in [0.1, 0.15) is 44.1 Å². The molecule has 1 fully saturated rings. The maximum absolute atomic E-state index is 11.9. The van der Waals surface area contributed by atoms with Gasteiger partial charge in [0.1, 0.15) is 5.75 Å². The Morgan fingerprint density at radius 2 is 1.96 bits per heavy atom. The number of benzene rings is 1. The highest BCUT2D eigenvalue weighted by Gasteiger charge is 2.17. The number of carbonyl (C=O) groups excluding carboxylic acids is 1. The monoisotopic (exact) mass is 333 g/mol. The summed E-state index contributed by atoms with van der Waals surface area (Å²) in [5.74, 6) is 0.798. The van der Waals surface area contributed by atoms with E-state index in [0.717, 1.165) is 30.3 Å². The fraction of sp³-hybridized carbons (Fsp3) is 0.632. The summed E-state index contributed by atoms with van der Waals surface area (Å²) in [6, 6.07) is 8.33. The average molecular weight is 333 g/mol. The molecule has 0 aliphatic heterocycles. The number of amides is 2. The van der Waals surface area contributed by atoms with Crippen molar-refractivity contribution < 1.29 is 9.53 Å². The third-order valence-electron chi connectivity index (χ3n) is 4.80. The van der Waals surface area contributed by atoms with Crippen molar-refractivity contribution in [1.82, 2.24) is 15.5 Å². The number of methoxy groups -OCH3 is 1. The van der Waals surface area contributed by atoms with E-state index in [2.05, 4.69) is 22.6 Å². The van der Waals surface area contributed by atoms with Gasteiger partial charge in [-0.15, -0.1) is 0 Å². The largest absolute Gasteiger partial charge is 0.496 e. The number of hydrogen-bond donors (Lipinski definition) is 2. The molecule has 2 N–H and O–H groups in total. The van der Waals surface area contributed by atoms with E-state index in [1.165, 1.54) is 32.1 Å². The number of rotatable bonds is 8. The van der Waals surface area contributed by atoms with Crippen LogP contribution in [0.15, 0.2) is 24.3 Å². The first-order valence-electron chi connectivity index (χ1n) is 9.04. The lowest BCUT2D eigenvalue weighted by atomic mass is 9.94. The second-order valence-electron chi connectivity index (χ2n) is 6.55. The van der Waals surface area contributed by atoms with Crippen LogP contribution in [0.3, 0.4) is 0 Å². The molecule has 1 aromatic rings. The van der Waals surface area contributed by atoms with E-state index in [1.807, 2.05) is 24.3 Å². The van der Waals surface area contributed by atoms with Crippen molar-refractivity contribution in [3.05, 3.63) is 29.8 Å². The van der Waals surface area contributed by atoms with Crippen molar-refractivity contribution in [1.29, 1.82) is 0 Å². The zero-order chi connectivity index (χ0) is 17.2. The standard InChI is InChI=1S/C19H31N3O2/c1-22(17-10-4-3-5-11-17)14-8-13-20-19(23)21-15-16-9-6-7-12-18(16)24-2/h6-7,9,12,17H,3-5,8,10-11,13-15H2,1-2H3,(H2,20,21,23). The van der Waals surface area contributed by atoms with Gasteiger partial charge in [-0.2, -0.15) is 0 Å². The minimum Gasteiger partial charge on any atom is -0.496 e. The molecule has 0 bridgehead atoms. The lowest BCUT2D eigenvalue weighted by Gasteiger charge is -2.31. The highest BCUT2D eigenvalue weighted by atomic mass is 16.5. The third kappa shape index (κ3) is 6.04. The second-order valence-corrected chi connectivity index (χ2v) is 6.55. The maximum atomic E-state index is 11.9. The predicted octanol–water partition coefficient (Wildman–Crippen LogP) is 3.15. The van der Waals surface area contributed by atoms with Gasteiger partial charge in [0.05, 0.1) is 7.11 Å². The average Bonchev–Trinajstić information content (AvgIpc) is 2.64. The van der Waals surface area contributed by atoms with Gasteiger partial charge in [-0.05, 0) is 38.9 Å². The fourth-order valence-electron chi connectivity index (χ4n) is 3.32. The zero-order valence-electron chi connectivity index (χ0n) is 15.0. The molecule has 0 aromatic heterocycles. The highest BCUT2D eigenvalue weighted by Crippen LogP contribution is 2.21. The number of hydrogen-bond acceptors (Lipinski definition) is 3. The quantitative estimate of drug-likeness (QED) is 0.719. The van der Waals surface area contributed by atoms with Gasteiger partial charge in [0.25, 0.3) is 0 Å². The summed E-state index contributed by atoms with van der Waals surface area (Å²) in [6.45, 7) is 2.21. The van der Waals surface area contributed by atoms with Crippen molar-refractivity contribution in [3.8, 4) is 5.75 Å². The van der Waals surface area contributed by atoms with Gasteiger partial charge in [-0.25, -0.2) is 4.79 Å². The highest BCUT2D eigenvalue weighted by molar-refractivity contribution is 5.73. The number of ether oxygens (including phenoxy) is 1. The van der Waals surface area contributed by atoms with Gasteiger partial charge in [0, 0.05) is 24.7 Å². The van der Waals surface area contributed by atoms with E-state index in [9.17, 15) is 4.79 Å². The molecule has 134 valence electrons. The fourth-order valence-corrected chi connectivity index (χ4v) is 3.32. The number of para-hydroxylation sites is 1. The summed E-state index contributed by atoms with van der Waals surface area (Å²) >= 11 is 0. The van der Waals surface area contributed by atoms with E-state index in [0.29, 0.717) is 13.1 Å². The molecule has 5 heteroatoms. The molecule has 1 aliphatic carbocycles. The van der Waals surface area contributed by atoms with E-state index in [1.54, 1.807) is 7.11 Å². The van der Waals surface area contributed by atoms with Crippen LogP contribution in [0, 0.1) is 0 Å². The summed E-state index contributed by atoms with van der Waals surface area (Å²) in [6.07, 6.45) is 7.73. The molecule has 0 atom stereocenters. The maximum Gasteiger partial charge on any atom is 0.315 e. The van der Waals surface area contributed by atoms with Crippen molar-refractivity contribution in [2.24, 2.45) is 0 Å². The predicted molar refractivity (Wildman–Crippen MR) is 97.4 cm³/mol. The van der Waals surface area contributed by atoms with Crippen molar-refractivity contribution in [3.63, 3.8) is 0 Å². The summed E-state index contributed by atoms with van der Waals surface area (Å²) in [5, 5.41) is 5.81. The van der Waals surface area contributed by atoms with Gasteiger partial charge >= 0.3 is 6.03 Å². The Kier molecular flexibility index (Phi) is 7.89. The van der Waals surface area contributed by atoms with Crippen molar-refractivity contribution in [2.75, 3.05) is 27.2 Å². The van der Waals surface area contributed by atoms with Gasteiger partial charge in [-0.3, -0.25) is 0 Å². The molecule has 0 saturated heterocycles. The van der Waals surface area contributed by atoms with Crippen LogP contribution in [0.2, 0.25) is 0 Å². The molecule has 1 aliphatic rings. The first-order chi connectivity index (χ1) is 11.7. The summed E-state index contributed by atoms with van der Waals surface area (Å²) in [4.78, 5) is 14.3. The molecule has 0 spiro atoms. The topological polar surface area (TPSA) is 53.6 Å². The lowest BCUT2D eigenvalue weighted by Crippen LogP contribution is -2.38. The molecule has 24 heavy (non-hydrogen) atoms. The SMILES string of the molecule is COc1ccccc1CNC(=O)NCCCN(C)C1CCCCC1. The summed E-state index contributed by atoms with van der Waals surface area (Å²) < 4.78 is 5.28. The van der Waals surface area contributed by atoms with Crippen LogP contribution in [0.5, 0.6) is 5.75 Å². The molecular weight excluding hydrogens is 302 g/mol. The van der Waals surface area contributed by atoms with Gasteiger partial charge in [0.15, 0.2) is 0 Å². The minimum absolute atomic E-state index is 0.124. The van der Waals surface area contributed by atoms with Gasteiger partial charge < -0.3 is 20.3 Å². The Labute approximate surface area is 145 Å². The Hall–Kier alpha value is -1.75. The van der Waals surface area contributed by atoms with Gasteiger partial charge in [-0.1, -0.05) is 37.5 Å². The van der Waals surface area contributed by atoms with E-state index in [4.69, 9.17) is 4.74 Å². The van der Waals surface area contributed by atoms with Crippen LogP contribution >= 0.6 is 0 Å². The Morgan fingerprint density at radius 1 is 1.21 bits per heavy atom. The summed E-state index contributed by atoms with van der Waals surface area (Å²) in [7, 11) is 3.85. The van der Waals surface area contributed by atoms with Crippen LogP contribution in [-0.2, 0) is 6.54 Å². The van der Waals surface area contributed by atoms with Crippen LogP contribution < -0.4 is 15.4 Å². The molecule has 0 unspecified atom stereocenters. The minimum atomic E-state index is -0.124. The Bertz CT molecular complexity index is 501. The number of urea groups is 1. The molecule has 5 nitrogen and oxygen atoms in total. The number of carbonyl (C=O) groups is 1. The first kappa shape index (κ1) is 18.6. The smallest absolute Gasteiger partial charge is 0.315 e.